The van der Waals surface area contributed by atoms with Crippen LogP contribution in [0.25, 0.3) is 0 Å². The Hall–Kier alpha value is -0.900. The summed E-state index contributed by atoms with van der Waals surface area (Å²) < 4.78 is 0. The van der Waals surface area contributed by atoms with Crippen molar-refractivity contribution in [3.8, 4) is 0 Å². The van der Waals surface area contributed by atoms with Crippen molar-refractivity contribution >= 4 is 0 Å². The molecular formula is C17H28N2O. The van der Waals surface area contributed by atoms with E-state index in [-0.39, 0.29) is 18.1 Å². The molecule has 20 heavy (non-hydrogen) atoms. The van der Waals surface area contributed by atoms with E-state index < -0.39 is 0 Å². The fourth-order valence-electron chi connectivity index (χ4n) is 3.12. The molecule has 0 saturated carbocycles. The topological polar surface area (TPSA) is 35.5 Å². The zero-order chi connectivity index (χ0) is 14.6. The third-order valence-electron chi connectivity index (χ3n) is 4.37. The Labute approximate surface area is 123 Å². The summed E-state index contributed by atoms with van der Waals surface area (Å²) >= 11 is 0. The van der Waals surface area contributed by atoms with Gasteiger partial charge in [-0.05, 0) is 17.5 Å². The van der Waals surface area contributed by atoms with Crippen LogP contribution in [0.4, 0.5) is 0 Å². The van der Waals surface area contributed by atoms with Gasteiger partial charge in [0.15, 0.2) is 0 Å². The molecule has 0 amide bonds. The Morgan fingerprint density at radius 3 is 2.30 bits per heavy atom. The van der Waals surface area contributed by atoms with Crippen LogP contribution < -0.4 is 5.32 Å². The minimum absolute atomic E-state index is 0.134. The summed E-state index contributed by atoms with van der Waals surface area (Å²) in [5.41, 5.74) is 2.56. The van der Waals surface area contributed by atoms with Crippen LogP contribution in [-0.2, 0) is 6.42 Å². The molecule has 3 heteroatoms. The number of nitrogens with zero attached hydrogens (tertiary/aromatic N) is 1. The number of aliphatic hydroxyl groups is 1. The maximum Gasteiger partial charge on any atom is 0.0500 e. The molecule has 1 atom stereocenters. The maximum absolute atomic E-state index is 9.81. The zero-order valence-corrected chi connectivity index (χ0v) is 13.0. The number of aliphatic hydroxyl groups excluding tert-OH is 1. The third kappa shape index (κ3) is 3.40. The fourth-order valence-corrected chi connectivity index (χ4v) is 3.12. The molecule has 0 radical (unpaired) electrons. The largest absolute Gasteiger partial charge is 0.396 e. The lowest BCUT2D eigenvalue weighted by molar-refractivity contribution is 0.0305. The molecule has 1 aliphatic rings. The van der Waals surface area contributed by atoms with Gasteiger partial charge in [-0.15, -0.1) is 0 Å². The number of rotatable bonds is 5. The van der Waals surface area contributed by atoms with Crippen molar-refractivity contribution in [3.63, 3.8) is 0 Å². The molecule has 1 fully saturated rings. The summed E-state index contributed by atoms with van der Waals surface area (Å²) in [6.07, 6.45) is 1.07. The standard InChI is InChI=1S/C17H28N2O/c1-4-14-5-7-15(8-6-14)16(17(2,3)13-20)19-11-9-18-10-12-19/h5-8,16,18,20H,4,9-13H2,1-3H3/t16-/m1/s1. The van der Waals surface area contributed by atoms with Crippen LogP contribution in [0.5, 0.6) is 0 Å². The van der Waals surface area contributed by atoms with E-state index in [2.05, 4.69) is 55.3 Å². The van der Waals surface area contributed by atoms with Crippen molar-refractivity contribution < 1.29 is 5.11 Å². The summed E-state index contributed by atoms with van der Waals surface area (Å²) in [7, 11) is 0. The molecule has 1 saturated heterocycles. The van der Waals surface area contributed by atoms with Crippen LogP contribution in [-0.4, -0.2) is 42.8 Å². The average Bonchev–Trinajstić information content (AvgIpc) is 2.49. The highest BCUT2D eigenvalue weighted by atomic mass is 16.3. The molecule has 0 bridgehead atoms. The smallest absolute Gasteiger partial charge is 0.0500 e. The van der Waals surface area contributed by atoms with E-state index in [1.54, 1.807) is 0 Å². The molecule has 2 N–H and O–H groups in total. The molecule has 0 aliphatic carbocycles. The highest BCUT2D eigenvalue weighted by molar-refractivity contribution is 5.26. The Kier molecular flexibility index (Phi) is 5.19. The highest BCUT2D eigenvalue weighted by Crippen LogP contribution is 2.38. The number of aryl methyl sites for hydroxylation is 1. The second kappa shape index (κ2) is 6.70. The van der Waals surface area contributed by atoms with E-state index in [1.165, 1.54) is 11.1 Å². The van der Waals surface area contributed by atoms with Gasteiger partial charge in [0, 0.05) is 44.2 Å². The number of nitrogens with one attached hydrogen (secondary N) is 1. The number of benzene rings is 1. The van der Waals surface area contributed by atoms with Crippen molar-refractivity contribution in [1.82, 2.24) is 10.2 Å². The van der Waals surface area contributed by atoms with Gasteiger partial charge in [0.25, 0.3) is 0 Å². The Balaban J connectivity index is 2.29. The van der Waals surface area contributed by atoms with Gasteiger partial charge in [-0.2, -0.15) is 0 Å². The molecule has 2 rings (SSSR count). The van der Waals surface area contributed by atoms with E-state index in [9.17, 15) is 5.11 Å². The van der Waals surface area contributed by atoms with Crippen LogP contribution in [0.2, 0.25) is 0 Å². The normalized spacial score (nSPS) is 19.0. The first kappa shape index (κ1) is 15.5. The van der Waals surface area contributed by atoms with Gasteiger partial charge in [0.05, 0.1) is 0 Å². The molecule has 3 nitrogen and oxygen atoms in total. The zero-order valence-electron chi connectivity index (χ0n) is 13.0. The first-order valence-corrected chi connectivity index (χ1v) is 7.73. The van der Waals surface area contributed by atoms with E-state index in [1.807, 2.05) is 0 Å². The summed E-state index contributed by atoms with van der Waals surface area (Å²) in [6.45, 7) is 10.9. The van der Waals surface area contributed by atoms with Gasteiger partial charge < -0.3 is 10.4 Å². The van der Waals surface area contributed by atoms with Crippen LogP contribution in [0.1, 0.15) is 37.9 Å². The summed E-state index contributed by atoms with van der Waals surface area (Å²) in [4.78, 5) is 2.51. The lowest BCUT2D eigenvalue weighted by Gasteiger charge is -2.43. The van der Waals surface area contributed by atoms with Gasteiger partial charge in [0.2, 0.25) is 0 Å². The Morgan fingerprint density at radius 2 is 1.80 bits per heavy atom. The van der Waals surface area contributed by atoms with E-state index >= 15 is 0 Å². The first-order valence-electron chi connectivity index (χ1n) is 7.73. The summed E-state index contributed by atoms with van der Waals surface area (Å²) in [6, 6.07) is 9.20. The molecule has 0 unspecified atom stereocenters. The van der Waals surface area contributed by atoms with E-state index in [4.69, 9.17) is 0 Å². The van der Waals surface area contributed by atoms with Crippen molar-refractivity contribution in [2.24, 2.45) is 5.41 Å². The van der Waals surface area contributed by atoms with Crippen LogP contribution in [0.3, 0.4) is 0 Å². The van der Waals surface area contributed by atoms with Crippen molar-refractivity contribution in [2.45, 2.75) is 33.2 Å². The molecule has 112 valence electrons. The Bertz CT molecular complexity index is 408. The molecule has 1 aliphatic heterocycles. The predicted molar refractivity (Wildman–Crippen MR) is 83.9 cm³/mol. The van der Waals surface area contributed by atoms with Crippen LogP contribution >= 0.6 is 0 Å². The SMILES string of the molecule is CCc1ccc([C@@H](N2CCNCC2)C(C)(C)CO)cc1. The lowest BCUT2D eigenvalue weighted by Crippen LogP contribution is -2.49. The van der Waals surface area contributed by atoms with Gasteiger partial charge in [-0.1, -0.05) is 45.0 Å². The van der Waals surface area contributed by atoms with Crippen LogP contribution in [0, 0.1) is 5.41 Å². The average molecular weight is 276 g/mol. The monoisotopic (exact) mass is 276 g/mol. The molecular weight excluding hydrogens is 248 g/mol. The molecule has 1 heterocycles. The van der Waals surface area contributed by atoms with E-state index in [0.717, 1.165) is 32.6 Å². The van der Waals surface area contributed by atoms with Crippen molar-refractivity contribution in [3.05, 3.63) is 35.4 Å². The maximum atomic E-state index is 9.81. The highest BCUT2D eigenvalue weighted by Gasteiger charge is 2.35. The molecule has 1 aromatic rings. The quantitative estimate of drug-likeness (QED) is 0.865. The number of hydrogen-bond donors (Lipinski definition) is 2. The van der Waals surface area contributed by atoms with Crippen LogP contribution in [0.15, 0.2) is 24.3 Å². The Morgan fingerprint density at radius 1 is 1.20 bits per heavy atom. The minimum Gasteiger partial charge on any atom is -0.396 e. The predicted octanol–water partition coefficient (Wildman–Crippen LogP) is 2.21. The molecule has 0 aromatic heterocycles. The van der Waals surface area contributed by atoms with Gasteiger partial charge in [-0.3, -0.25) is 4.90 Å². The van der Waals surface area contributed by atoms with Crippen molar-refractivity contribution in [1.29, 1.82) is 0 Å². The summed E-state index contributed by atoms with van der Waals surface area (Å²) in [5.74, 6) is 0. The number of piperazine rings is 1. The van der Waals surface area contributed by atoms with Gasteiger partial charge >= 0.3 is 0 Å². The second-order valence-electron chi connectivity index (χ2n) is 6.43. The van der Waals surface area contributed by atoms with Gasteiger partial charge in [0.1, 0.15) is 0 Å². The minimum atomic E-state index is -0.134. The fraction of sp³-hybridized carbons (Fsp3) is 0.647. The van der Waals surface area contributed by atoms with Crippen molar-refractivity contribution in [2.75, 3.05) is 32.8 Å². The second-order valence-corrected chi connectivity index (χ2v) is 6.43. The number of hydrogen-bond acceptors (Lipinski definition) is 3. The van der Waals surface area contributed by atoms with E-state index in [0.29, 0.717) is 0 Å². The first-order chi connectivity index (χ1) is 9.58. The molecule has 0 spiro atoms. The third-order valence-corrected chi connectivity index (χ3v) is 4.37. The lowest BCUT2D eigenvalue weighted by atomic mass is 9.79. The summed E-state index contributed by atoms with van der Waals surface area (Å²) in [5, 5.41) is 13.2. The van der Waals surface area contributed by atoms with Gasteiger partial charge in [-0.25, -0.2) is 0 Å². The molecule has 1 aromatic carbocycles.